The van der Waals surface area contributed by atoms with Crippen LogP contribution in [0.5, 0.6) is 11.5 Å². The molecule has 4 heteroatoms. The zero-order valence-corrected chi connectivity index (χ0v) is 11.7. The smallest absolute Gasteiger partial charge is 0.303 e. The van der Waals surface area contributed by atoms with E-state index in [0.717, 1.165) is 11.3 Å². The number of carbonyl (C=O) groups is 1. The minimum Gasteiger partial charge on any atom is -0.494 e. The summed E-state index contributed by atoms with van der Waals surface area (Å²) in [6.45, 7) is 0.927. The van der Waals surface area contributed by atoms with Gasteiger partial charge in [-0.25, -0.2) is 0 Å². The molecule has 0 saturated heterocycles. The first-order valence-electron chi connectivity index (χ1n) is 6.85. The Morgan fingerprint density at radius 2 is 1.52 bits per heavy atom. The van der Waals surface area contributed by atoms with E-state index >= 15 is 0 Å². The van der Waals surface area contributed by atoms with Gasteiger partial charge in [0, 0.05) is 6.42 Å². The summed E-state index contributed by atoms with van der Waals surface area (Å²) in [5.74, 6) is 0.687. The summed E-state index contributed by atoms with van der Waals surface area (Å²) in [5.41, 5.74) is 1.12. The van der Waals surface area contributed by atoms with Gasteiger partial charge in [0.05, 0.1) is 6.61 Å². The lowest BCUT2D eigenvalue weighted by molar-refractivity contribution is -0.137. The van der Waals surface area contributed by atoms with Crippen molar-refractivity contribution in [3.05, 3.63) is 60.2 Å². The molecule has 0 heterocycles. The Morgan fingerprint density at radius 1 is 0.905 bits per heavy atom. The number of carboxylic acid groups (broad SMARTS) is 1. The molecule has 0 unspecified atom stereocenters. The fourth-order valence-electron chi connectivity index (χ4n) is 1.79. The summed E-state index contributed by atoms with van der Waals surface area (Å²) >= 11 is 0. The van der Waals surface area contributed by atoms with E-state index in [-0.39, 0.29) is 6.42 Å². The summed E-state index contributed by atoms with van der Waals surface area (Å²) in [5, 5.41) is 8.53. The molecule has 1 N–H and O–H groups in total. The lowest BCUT2D eigenvalue weighted by Crippen LogP contribution is -2.02. The van der Waals surface area contributed by atoms with Gasteiger partial charge in [-0.05, 0) is 36.2 Å². The molecule has 0 aliphatic rings. The molecule has 2 aromatic carbocycles. The van der Waals surface area contributed by atoms with Crippen LogP contribution >= 0.6 is 0 Å². The standard InChI is InChI=1S/C17H18O4/c18-17(19)7-4-12-20-15-8-10-16(11-9-15)21-13-14-5-2-1-3-6-14/h1-3,5-6,8-11H,4,7,12-13H2,(H,18,19). The predicted octanol–water partition coefficient (Wildman–Crippen LogP) is 3.51. The lowest BCUT2D eigenvalue weighted by atomic mass is 10.2. The van der Waals surface area contributed by atoms with E-state index in [1.807, 2.05) is 54.6 Å². The van der Waals surface area contributed by atoms with Crippen molar-refractivity contribution in [2.45, 2.75) is 19.4 Å². The van der Waals surface area contributed by atoms with Crippen molar-refractivity contribution in [2.24, 2.45) is 0 Å². The molecule has 21 heavy (non-hydrogen) atoms. The molecule has 0 aliphatic carbocycles. The fraction of sp³-hybridized carbons (Fsp3) is 0.235. The Balaban J connectivity index is 1.75. The first-order valence-corrected chi connectivity index (χ1v) is 6.85. The van der Waals surface area contributed by atoms with Crippen LogP contribution in [0.4, 0.5) is 0 Å². The second-order valence-corrected chi connectivity index (χ2v) is 4.59. The number of hydrogen-bond donors (Lipinski definition) is 1. The molecule has 0 amide bonds. The zero-order chi connectivity index (χ0) is 14.9. The molecule has 2 aromatic rings. The molecule has 0 fully saturated rings. The van der Waals surface area contributed by atoms with Gasteiger partial charge in [0.2, 0.25) is 0 Å². The maximum Gasteiger partial charge on any atom is 0.303 e. The van der Waals surface area contributed by atoms with E-state index in [1.165, 1.54) is 0 Å². The van der Waals surface area contributed by atoms with E-state index in [4.69, 9.17) is 14.6 Å². The summed E-state index contributed by atoms with van der Waals surface area (Å²) in [6.07, 6.45) is 0.625. The number of hydrogen-bond acceptors (Lipinski definition) is 3. The van der Waals surface area contributed by atoms with Gasteiger partial charge in [0.25, 0.3) is 0 Å². The summed E-state index contributed by atoms with van der Waals surface area (Å²) in [6, 6.07) is 17.3. The minimum absolute atomic E-state index is 0.123. The molecule has 0 saturated carbocycles. The van der Waals surface area contributed by atoms with Gasteiger partial charge < -0.3 is 14.6 Å². The van der Waals surface area contributed by atoms with Gasteiger partial charge in [-0.15, -0.1) is 0 Å². The van der Waals surface area contributed by atoms with Gasteiger partial charge in [0.15, 0.2) is 0 Å². The normalized spacial score (nSPS) is 10.1. The van der Waals surface area contributed by atoms with E-state index in [1.54, 1.807) is 0 Å². The third kappa shape index (κ3) is 5.57. The second kappa shape index (κ2) is 7.94. The third-order valence-electron chi connectivity index (χ3n) is 2.88. The van der Waals surface area contributed by atoms with Crippen LogP contribution in [0.2, 0.25) is 0 Å². The molecular weight excluding hydrogens is 268 g/mol. The van der Waals surface area contributed by atoms with E-state index in [0.29, 0.717) is 25.4 Å². The van der Waals surface area contributed by atoms with Crippen LogP contribution in [-0.2, 0) is 11.4 Å². The molecule has 0 spiro atoms. The lowest BCUT2D eigenvalue weighted by Gasteiger charge is -2.08. The van der Waals surface area contributed by atoms with Crippen molar-refractivity contribution in [1.82, 2.24) is 0 Å². The van der Waals surface area contributed by atoms with Gasteiger partial charge >= 0.3 is 5.97 Å². The van der Waals surface area contributed by atoms with Crippen molar-refractivity contribution in [1.29, 1.82) is 0 Å². The van der Waals surface area contributed by atoms with Crippen LogP contribution < -0.4 is 9.47 Å². The highest BCUT2D eigenvalue weighted by atomic mass is 16.5. The van der Waals surface area contributed by atoms with Crippen LogP contribution in [0.15, 0.2) is 54.6 Å². The Hall–Kier alpha value is -2.49. The number of benzene rings is 2. The summed E-state index contributed by atoms with van der Waals surface area (Å²) in [4.78, 5) is 10.4. The number of aliphatic carboxylic acids is 1. The van der Waals surface area contributed by atoms with E-state index in [2.05, 4.69) is 0 Å². The van der Waals surface area contributed by atoms with Crippen molar-refractivity contribution in [3.8, 4) is 11.5 Å². The van der Waals surface area contributed by atoms with Gasteiger partial charge in [-0.2, -0.15) is 0 Å². The summed E-state index contributed by atoms with van der Waals surface area (Å²) in [7, 11) is 0. The topological polar surface area (TPSA) is 55.8 Å². The Kier molecular flexibility index (Phi) is 5.64. The van der Waals surface area contributed by atoms with Gasteiger partial charge in [-0.3, -0.25) is 4.79 Å². The number of carboxylic acids is 1. The van der Waals surface area contributed by atoms with Crippen molar-refractivity contribution < 1.29 is 19.4 Å². The first-order chi connectivity index (χ1) is 10.2. The molecule has 4 nitrogen and oxygen atoms in total. The quantitative estimate of drug-likeness (QED) is 0.754. The number of ether oxygens (including phenoxy) is 2. The zero-order valence-electron chi connectivity index (χ0n) is 11.7. The molecule has 0 atom stereocenters. The summed E-state index contributed by atoms with van der Waals surface area (Å²) < 4.78 is 11.1. The Bertz CT molecular complexity index is 549. The highest BCUT2D eigenvalue weighted by Gasteiger charge is 1.99. The fourth-order valence-corrected chi connectivity index (χ4v) is 1.79. The largest absolute Gasteiger partial charge is 0.494 e. The molecule has 0 aliphatic heterocycles. The molecule has 0 radical (unpaired) electrons. The van der Waals surface area contributed by atoms with E-state index < -0.39 is 5.97 Å². The highest BCUT2D eigenvalue weighted by Crippen LogP contribution is 2.18. The molecule has 0 bridgehead atoms. The SMILES string of the molecule is O=C(O)CCCOc1ccc(OCc2ccccc2)cc1. The maximum atomic E-state index is 10.4. The average Bonchev–Trinajstić information content (AvgIpc) is 2.51. The Labute approximate surface area is 123 Å². The van der Waals surface area contributed by atoms with Crippen molar-refractivity contribution >= 4 is 5.97 Å². The van der Waals surface area contributed by atoms with E-state index in [9.17, 15) is 4.79 Å². The van der Waals surface area contributed by atoms with Crippen LogP contribution in [0.3, 0.4) is 0 Å². The molecule has 2 rings (SSSR count). The average molecular weight is 286 g/mol. The van der Waals surface area contributed by atoms with Crippen LogP contribution in [0.1, 0.15) is 18.4 Å². The van der Waals surface area contributed by atoms with Gasteiger partial charge in [0.1, 0.15) is 18.1 Å². The minimum atomic E-state index is -0.803. The monoisotopic (exact) mass is 286 g/mol. The van der Waals surface area contributed by atoms with Crippen molar-refractivity contribution in [2.75, 3.05) is 6.61 Å². The highest BCUT2D eigenvalue weighted by molar-refractivity contribution is 5.66. The van der Waals surface area contributed by atoms with Crippen LogP contribution in [0, 0.1) is 0 Å². The van der Waals surface area contributed by atoms with Crippen molar-refractivity contribution in [3.63, 3.8) is 0 Å². The Morgan fingerprint density at radius 3 is 2.14 bits per heavy atom. The van der Waals surface area contributed by atoms with Crippen LogP contribution in [0.25, 0.3) is 0 Å². The molecule has 110 valence electrons. The van der Waals surface area contributed by atoms with Gasteiger partial charge in [-0.1, -0.05) is 30.3 Å². The third-order valence-corrected chi connectivity index (χ3v) is 2.88. The molecule has 0 aromatic heterocycles. The maximum absolute atomic E-state index is 10.4. The second-order valence-electron chi connectivity index (χ2n) is 4.59. The predicted molar refractivity (Wildman–Crippen MR) is 79.6 cm³/mol. The molecular formula is C17H18O4. The number of rotatable bonds is 8. The van der Waals surface area contributed by atoms with Crippen LogP contribution in [-0.4, -0.2) is 17.7 Å². The first kappa shape index (κ1) is 14.9.